The number of nitrogens with zero attached hydrogens (tertiary/aromatic N) is 2. The van der Waals surface area contributed by atoms with E-state index in [0.29, 0.717) is 11.0 Å². The van der Waals surface area contributed by atoms with E-state index in [2.05, 4.69) is 9.88 Å². The largest absolute Gasteiger partial charge is 0.356 e. The van der Waals surface area contributed by atoms with Crippen molar-refractivity contribution < 1.29 is 17.9 Å². The molecule has 0 fully saturated rings. The molecule has 0 radical (unpaired) electrons. The lowest BCUT2D eigenvalue weighted by Crippen LogP contribution is -2.16. The number of hydrogen-bond acceptors (Lipinski definition) is 6. The van der Waals surface area contributed by atoms with E-state index in [1.807, 2.05) is 0 Å². The van der Waals surface area contributed by atoms with Crippen molar-refractivity contribution in [3.8, 4) is 0 Å². The Morgan fingerprint density at radius 3 is 2.75 bits per heavy atom. The number of rotatable bonds is 5. The van der Waals surface area contributed by atoms with E-state index in [9.17, 15) is 18.5 Å². The van der Waals surface area contributed by atoms with Crippen molar-refractivity contribution in [1.82, 2.24) is 5.16 Å². The maximum atomic E-state index is 12.3. The van der Waals surface area contributed by atoms with E-state index in [4.69, 9.17) is 16.1 Å². The van der Waals surface area contributed by atoms with Gasteiger partial charge in [0, 0.05) is 16.5 Å². The first-order chi connectivity index (χ1) is 11.4. The summed E-state index contributed by atoms with van der Waals surface area (Å²) in [6.45, 7) is 0. The summed E-state index contributed by atoms with van der Waals surface area (Å²) in [6, 6.07) is 10.4. The lowest BCUT2D eigenvalue weighted by Gasteiger charge is -2.07. The van der Waals surface area contributed by atoms with Crippen LogP contribution in [-0.4, -0.2) is 18.5 Å². The first-order valence-electron chi connectivity index (χ1n) is 6.63. The number of aromatic nitrogens is 1. The molecule has 3 rings (SSSR count). The zero-order valence-electron chi connectivity index (χ0n) is 12.0. The number of anilines is 1. The van der Waals surface area contributed by atoms with Gasteiger partial charge in [0.25, 0.3) is 5.69 Å². The highest BCUT2D eigenvalue weighted by molar-refractivity contribution is 7.91. The lowest BCUT2D eigenvalue weighted by molar-refractivity contribution is -0.383. The molecule has 0 bridgehead atoms. The first-order valence-corrected chi connectivity index (χ1v) is 8.66. The molecule has 0 atom stereocenters. The molecule has 10 heteroatoms. The Kier molecular flexibility index (Phi) is 4.12. The van der Waals surface area contributed by atoms with Gasteiger partial charge >= 0.3 is 0 Å². The van der Waals surface area contributed by atoms with Gasteiger partial charge in [-0.25, -0.2) is 8.42 Å². The summed E-state index contributed by atoms with van der Waals surface area (Å²) in [5.74, 6) is -0.492. The van der Waals surface area contributed by atoms with Gasteiger partial charge in [-0.2, -0.15) is 0 Å². The van der Waals surface area contributed by atoms with Crippen LogP contribution in [-0.2, 0) is 15.8 Å². The number of benzene rings is 2. The molecule has 0 unspecified atom stereocenters. The monoisotopic (exact) mass is 367 g/mol. The summed E-state index contributed by atoms with van der Waals surface area (Å²) in [6.07, 6.45) is 0. The fourth-order valence-corrected chi connectivity index (χ4v) is 3.49. The minimum Gasteiger partial charge on any atom is -0.356 e. The third kappa shape index (κ3) is 3.31. The molecule has 1 aromatic heterocycles. The van der Waals surface area contributed by atoms with Crippen LogP contribution in [0, 0.1) is 10.1 Å². The van der Waals surface area contributed by atoms with Crippen LogP contribution in [0.25, 0.3) is 11.0 Å². The molecule has 0 aliphatic rings. The molecule has 0 aliphatic heterocycles. The highest BCUT2D eigenvalue weighted by Crippen LogP contribution is 2.29. The predicted molar refractivity (Wildman–Crippen MR) is 88.4 cm³/mol. The second-order valence-electron chi connectivity index (χ2n) is 4.91. The average Bonchev–Trinajstić information content (AvgIpc) is 2.89. The standard InChI is InChI=1S/C14H10ClN3O5S/c15-9-5-6-13(18(19)20)11(7-9)17-24(21,22)8-12-10-3-1-2-4-14(10)23-16-12/h1-7,17H,8H2. The van der Waals surface area contributed by atoms with E-state index < -0.39 is 26.4 Å². The number of sulfonamides is 1. The molecule has 8 nitrogen and oxygen atoms in total. The Bertz CT molecular complexity index is 1030. The van der Waals surface area contributed by atoms with Crippen molar-refractivity contribution in [2.75, 3.05) is 4.72 Å². The van der Waals surface area contributed by atoms with E-state index in [-0.39, 0.29) is 16.4 Å². The van der Waals surface area contributed by atoms with Crippen LogP contribution in [0.2, 0.25) is 5.02 Å². The fourth-order valence-electron chi connectivity index (χ4n) is 2.18. The van der Waals surface area contributed by atoms with E-state index in [1.165, 1.54) is 12.1 Å². The van der Waals surface area contributed by atoms with Crippen LogP contribution < -0.4 is 4.72 Å². The third-order valence-corrected chi connectivity index (χ3v) is 4.62. The van der Waals surface area contributed by atoms with Crippen molar-refractivity contribution in [2.45, 2.75) is 5.75 Å². The van der Waals surface area contributed by atoms with Gasteiger partial charge in [-0.05, 0) is 24.3 Å². The zero-order valence-corrected chi connectivity index (χ0v) is 13.5. The zero-order chi connectivity index (χ0) is 17.3. The summed E-state index contributed by atoms with van der Waals surface area (Å²) in [5, 5.41) is 15.5. The van der Waals surface area contributed by atoms with Gasteiger partial charge in [0.1, 0.15) is 17.1 Å². The second kappa shape index (κ2) is 6.10. The molecule has 0 saturated carbocycles. The van der Waals surface area contributed by atoms with Crippen molar-refractivity contribution in [1.29, 1.82) is 0 Å². The first kappa shape index (κ1) is 16.2. The minimum absolute atomic E-state index is 0.171. The molecule has 0 aliphatic carbocycles. The molecule has 1 N–H and O–H groups in total. The lowest BCUT2D eigenvalue weighted by atomic mass is 10.2. The van der Waals surface area contributed by atoms with Crippen molar-refractivity contribution in [3.05, 3.63) is 63.3 Å². The second-order valence-corrected chi connectivity index (χ2v) is 7.06. The van der Waals surface area contributed by atoms with E-state index in [0.717, 1.165) is 6.07 Å². The topological polar surface area (TPSA) is 115 Å². The molecule has 2 aromatic carbocycles. The van der Waals surface area contributed by atoms with Gasteiger partial charge in [0.2, 0.25) is 10.0 Å². The smallest absolute Gasteiger partial charge is 0.293 e. The maximum absolute atomic E-state index is 12.3. The Labute approximate surface area is 141 Å². The van der Waals surface area contributed by atoms with Gasteiger partial charge < -0.3 is 4.52 Å². The summed E-state index contributed by atoms with van der Waals surface area (Å²) in [5.41, 5.74) is 0.0625. The summed E-state index contributed by atoms with van der Waals surface area (Å²) >= 11 is 5.79. The van der Waals surface area contributed by atoms with Crippen LogP contribution in [0.3, 0.4) is 0 Å². The van der Waals surface area contributed by atoms with Crippen LogP contribution in [0.4, 0.5) is 11.4 Å². The number of halogens is 1. The molecule has 3 aromatic rings. The van der Waals surface area contributed by atoms with Crippen LogP contribution >= 0.6 is 11.6 Å². The minimum atomic E-state index is -3.96. The predicted octanol–water partition coefficient (Wildman–Crippen LogP) is 3.33. The van der Waals surface area contributed by atoms with Gasteiger partial charge in [0.05, 0.1) is 4.92 Å². The number of nitro benzene ring substituents is 1. The van der Waals surface area contributed by atoms with Crippen LogP contribution in [0.15, 0.2) is 47.0 Å². The molecule has 0 spiro atoms. The van der Waals surface area contributed by atoms with Crippen LogP contribution in [0.5, 0.6) is 0 Å². The Balaban J connectivity index is 1.92. The Hall–Kier alpha value is -2.65. The highest BCUT2D eigenvalue weighted by atomic mass is 35.5. The van der Waals surface area contributed by atoms with E-state index in [1.54, 1.807) is 24.3 Å². The Morgan fingerprint density at radius 2 is 2.00 bits per heavy atom. The molecule has 1 heterocycles. The van der Waals surface area contributed by atoms with Crippen molar-refractivity contribution >= 4 is 44.0 Å². The van der Waals surface area contributed by atoms with Gasteiger partial charge in [-0.3, -0.25) is 14.8 Å². The van der Waals surface area contributed by atoms with Gasteiger partial charge in [0.15, 0.2) is 5.58 Å². The number of para-hydroxylation sites is 1. The summed E-state index contributed by atoms with van der Waals surface area (Å²) < 4.78 is 31.9. The maximum Gasteiger partial charge on any atom is 0.293 e. The number of nitrogens with one attached hydrogen (secondary N) is 1. The van der Waals surface area contributed by atoms with Gasteiger partial charge in [-0.15, -0.1) is 0 Å². The average molecular weight is 368 g/mol. The Morgan fingerprint density at radius 1 is 1.25 bits per heavy atom. The van der Waals surface area contributed by atoms with Crippen molar-refractivity contribution in [2.24, 2.45) is 0 Å². The van der Waals surface area contributed by atoms with E-state index >= 15 is 0 Å². The third-order valence-electron chi connectivity index (χ3n) is 3.20. The van der Waals surface area contributed by atoms with Crippen molar-refractivity contribution in [3.63, 3.8) is 0 Å². The van der Waals surface area contributed by atoms with Gasteiger partial charge in [-0.1, -0.05) is 28.9 Å². The molecular formula is C14H10ClN3O5S. The number of hydrogen-bond donors (Lipinski definition) is 1. The molecule has 0 saturated heterocycles. The summed E-state index contributed by atoms with van der Waals surface area (Å²) in [4.78, 5) is 10.3. The fraction of sp³-hybridized carbons (Fsp3) is 0.0714. The van der Waals surface area contributed by atoms with Crippen LogP contribution in [0.1, 0.15) is 5.69 Å². The quantitative estimate of drug-likeness (QED) is 0.546. The molecule has 0 amide bonds. The molecule has 124 valence electrons. The highest BCUT2D eigenvalue weighted by Gasteiger charge is 2.22. The number of fused-ring (bicyclic) bond motifs is 1. The number of nitro groups is 1. The molecule has 24 heavy (non-hydrogen) atoms. The summed E-state index contributed by atoms with van der Waals surface area (Å²) in [7, 11) is -3.96. The normalized spacial score (nSPS) is 11.5. The molecular weight excluding hydrogens is 358 g/mol. The SMILES string of the molecule is O=[N+]([O-])c1ccc(Cl)cc1NS(=O)(=O)Cc1noc2ccccc12.